The number of aromatic nitrogens is 4. The number of halogens is 2. The lowest BCUT2D eigenvalue weighted by Crippen LogP contribution is -2.23. The number of hydrogen-bond donors (Lipinski definition) is 1. The van der Waals surface area contributed by atoms with E-state index in [1.165, 1.54) is 23.9 Å². The third kappa shape index (κ3) is 3.53. The van der Waals surface area contributed by atoms with Crippen LogP contribution in [0.25, 0.3) is 11.4 Å². The molecule has 1 aromatic heterocycles. The van der Waals surface area contributed by atoms with E-state index < -0.39 is 17.9 Å². The Bertz CT molecular complexity index is 649. The molecule has 1 N–H and O–H groups in total. The normalized spacial score (nSPS) is 12.3. The number of benzene rings is 1. The monoisotopic (exact) mass is 314 g/mol. The Kier molecular flexibility index (Phi) is 4.81. The average molecular weight is 315 g/mol. The summed E-state index contributed by atoms with van der Waals surface area (Å²) in [5.74, 6) is -1.49. The summed E-state index contributed by atoms with van der Waals surface area (Å²) in [5.41, 5.74) is 0.137. The van der Waals surface area contributed by atoms with E-state index >= 15 is 0 Å². The zero-order chi connectivity index (χ0) is 15.4. The Balaban J connectivity index is 2.30. The van der Waals surface area contributed by atoms with Crippen molar-refractivity contribution in [3.63, 3.8) is 0 Å². The Hall–Kier alpha value is -2.06. The highest BCUT2D eigenvalue weighted by Crippen LogP contribution is 2.25. The van der Waals surface area contributed by atoms with E-state index in [0.29, 0.717) is 0 Å². The second-order valence-electron chi connectivity index (χ2n) is 4.24. The third-order valence-electron chi connectivity index (χ3n) is 2.84. The Morgan fingerprint density at radius 2 is 2.33 bits per heavy atom. The van der Waals surface area contributed by atoms with Gasteiger partial charge in [-0.1, -0.05) is 17.7 Å². The first-order valence-corrected chi connectivity index (χ1v) is 6.36. The van der Waals surface area contributed by atoms with Crippen molar-refractivity contribution in [2.45, 2.75) is 19.1 Å². The molecule has 0 saturated heterocycles. The van der Waals surface area contributed by atoms with E-state index in [0.717, 1.165) is 0 Å². The molecule has 0 fully saturated rings. The topological polar surface area (TPSA) is 90.1 Å². The van der Waals surface area contributed by atoms with Gasteiger partial charge in [-0.2, -0.15) is 0 Å². The van der Waals surface area contributed by atoms with E-state index in [9.17, 15) is 9.18 Å². The third-order valence-corrected chi connectivity index (χ3v) is 3.13. The number of rotatable bonds is 6. The van der Waals surface area contributed by atoms with Gasteiger partial charge in [0.05, 0.1) is 29.7 Å². The summed E-state index contributed by atoms with van der Waals surface area (Å²) in [5, 5.41) is 19.7. The summed E-state index contributed by atoms with van der Waals surface area (Å²) in [6, 6.07) is 4.48. The number of nitrogens with zero attached hydrogens (tertiary/aromatic N) is 4. The van der Waals surface area contributed by atoms with E-state index in [2.05, 4.69) is 15.5 Å². The van der Waals surface area contributed by atoms with Gasteiger partial charge in [0.25, 0.3) is 0 Å². The minimum absolute atomic E-state index is 0.0455. The molecule has 0 saturated carbocycles. The molecule has 0 bridgehead atoms. The van der Waals surface area contributed by atoms with Gasteiger partial charge in [0.2, 0.25) is 0 Å². The summed E-state index contributed by atoms with van der Waals surface area (Å²) in [6.45, 7) is 0.0804. The molecule has 7 nitrogen and oxygen atoms in total. The van der Waals surface area contributed by atoms with Gasteiger partial charge in [-0.05, 0) is 22.6 Å². The average Bonchev–Trinajstić information content (AvgIpc) is 2.88. The molecule has 0 aliphatic rings. The molecule has 0 aliphatic heterocycles. The van der Waals surface area contributed by atoms with Crippen LogP contribution in [0.15, 0.2) is 18.2 Å². The van der Waals surface area contributed by atoms with Crippen molar-refractivity contribution in [2.24, 2.45) is 0 Å². The molecule has 0 aliphatic carbocycles. The minimum Gasteiger partial charge on any atom is -0.481 e. The molecule has 0 spiro atoms. The van der Waals surface area contributed by atoms with Gasteiger partial charge in [-0.15, -0.1) is 5.10 Å². The smallest absolute Gasteiger partial charge is 0.306 e. The summed E-state index contributed by atoms with van der Waals surface area (Å²) in [7, 11) is 1.39. The Morgan fingerprint density at radius 1 is 1.57 bits per heavy atom. The zero-order valence-corrected chi connectivity index (χ0v) is 11.8. The lowest BCUT2D eigenvalue weighted by atomic mass is 10.2. The Labute approximate surface area is 124 Å². The molecule has 1 unspecified atom stereocenters. The maximum Gasteiger partial charge on any atom is 0.306 e. The highest BCUT2D eigenvalue weighted by atomic mass is 35.5. The predicted octanol–water partition coefficient (Wildman–Crippen LogP) is 1.62. The van der Waals surface area contributed by atoms with E-state index in [4.69, 9.17) is 21.4 Å². The Morgan fingerprint density at radius 3 is 3.00 bits per heavy atom. The number of carboxylic acids is 1. The fourth-order valence-electron chi connectivity index (χ4n) is 1.81. The highest BCUT2D eigenvalue weighted by molar-refractivity contribution is 6.31. The first-order valence-electron chi connectivity index (χ1n) is 5.98. The molecule has 21 heavy (non-hydrogen) atoms. The summed E-state index contributed by atoms with van der Waals surface area (Å²) < 4.78 is 20.4. The largest absolute Gasteiger partial charge is 0.481 e. The van der Waals surface area contributed by atoms with Gasteiger partial charge < -0.3 is 9.84 Å². The summed E-state index contributed by atoms with van der Waals surface area (Å²) >= 11 is 5.73. The standard InChI is InChI=1S/C12H12ClFN4O3/c1-21-7(5-10(19)20)6-18-12(15-16-17-18)8-3-2-4-9(13)11(8)14/h2-4,7H,5-6H2,1H3,(H,19,20). The molecular formula is C12H12ClFN4O3. The van der Waals surface area contributed by atoms with Gasteiger partial charge in [0, 0.05) is 7.11 Å². The maximum atomic E-state index is 14.0. The van der Waals surface area contributed by atoms with Gasteiger partial charge in [-0.3, -0.25) is 4.79 Å². The van der Waals surface area contributed by atoms with Crippen LogP contribution < -0.4 is 0 Å². The number of carboxylic acid groups (broad SMARTS) is 1. The lowest BCUT2D eigenvalue weighted by molar-refractivity contribution is -0.140. The van der Waals surface area contributed by atoms with E-state index in [1.54, 1.807) is 6.07 Å². The molecule has 0 radical (unpaired) electrons. The SMILES string of the molecule is COC(CC(=O)O)Cn1nnnc1-c1cccc(Cl)c1F. The van der Waals surface area contributed by atoms with Crippen LogP contribution >= 0.6 is 11.6 Å². The number of aliphatic carboxylic acids is 1. The van der Waals surface area contributed by atoms with Crippen molar-refractivity contribution in [3.05, 3.63) is 29.0 Å². The van der Waals surface area contributed by atoms with Crippen molar-refractivity contribution in [2.75, 3.05) is 7.11 Å². The van der Waals surface area contributed by atoms with Crippen LogP contribution in [0.5, 0.6) is 0 Å². The molecule has 112 valence electrons. The van der Waals surface area contributed by atoms with Crippen LogP contribution in [0.1, 0.15) is 6.42 Å². The van der Waals surface area contributed by atoms with Crippen LogP contribution in [0.2, 0.25) is 5.02 Å². The zero-order valence-electron chi connectivity index (χ0n) is 11.0. The highest BCUT2D eigenvalue weighted by Gasteiger charge is 2.19. The van der Waals surface area contributed by atoms with E-state index in [-0.39, 0.29) is 29.4 Å². The van der Waals surface area contributed by atoms with Gasteiger partial charge in [0.1, 0.15) is 0 Å². The molecule has 1 aromatic carbocycles. The molecule has 0 amide bonds. The van der Waals surface area contributed by atoms with Crippen LogP contribution in [-0.2, 0) is 16.1 Å². The van der Waals surface area contributed by atoms with Crippen molar-refractivity contribution in [1.82, 2.24) is 20.2 Å². The number of methoxy groups -OCH3 is 1. The van der Waals surface area contributed by atoms with Crippen LogP contribution in [0.4, 0.5) is 4.39 Å². The first kappa shape index (κ1) is 15.3. The number of ether oxygens (including phenoxy) is 1. The van der Waals surface area contributed by atoms with Crippen LogP contribution in [0.3, 0.4) is 0 Å². The number of tetrazole rings is 1. The molecular weight excluding hydrogens is 303 g/mol. The molecule has 1 heterocycles. The second-order valence-corrected chi connectivity index (χ2v) is 4.65. The lowest BCUT2D eigenvalue weighted by Gasteiger charge is -2.13. The fraction of sp³-hybridized carbons (Fsp3) is 0.333. The van der Waals surface area contributed by atoms with Gasteiger partial charge >= 0.3 is 5.97 Å². The summed E-state index contributed by atoms with van der Waals surface area (Å²) in [4.78, 5) is 10.7. The van der Waals surface area contributed by atoms with Crippen LogP contribution in [-0.4, -0.2) is 44.5 Å². The molecule has 2 rings (SSSR count). The number of carbonyl (C=O) groups is 1. The summed E-state index contributed by atoms with van der Waals surface area (Å²) in [6.07, 6.45) is -0.847. The fourth-order valence-corrected chi connectivity index (χ4v) is 1.98. The molecule has 1 atom stereocenters. The van der Waals surface area contributed by atoms with Crippen molar-refractivity contribution >= 4 is 17.6 Å². The van der Waals surface area contributed by atoms with Crippen molar-refractivity contribution in [1.29, 1.82) is 0 Å². The first-order chi connectivity index (χ1) is 10.0. The quantitative estimate of drug-likeness (QED) is 0.871. The van der Waals surface area contributed by atoms with Crippen molar-refractivity contribution in [3.8, 4) is 11.4 Å². The van der Waals surface area contributed by atoms with Gasteiger partial charge in [0.15, 0.2) is 11.6 Å². The molecule has 9 heteroatoms. The second kappa shape index (κ2) is 6.59. The molecule has 2 aromatic rings. The maximum absolute atomic E-state index is 14.0. The predicted molar refractivity (Wildman–Crippen MR) is 71.3 cm³/mol. The van der Waals surface area contributed by atoms with Gasteiger partial charge in [-0.25, -0.2) is 9.07 Å². The van der Waals surface area contributed by atoms with Crippen molar-refractivity contribution < 1.29 is 19.0 Å². The van der Waals surface area contributed by atoms with E-state index in [1.807, 2.05) is 0 Å². The minimum atomic E-state index is -1.01. The van der Waals surface area contributed by atoms with Crippen LogP contribution in [0, 0.1) is 5.82 Å². The number of hydrogen-bond acceptors (Lipinski definition) is 5.